The van der Waals surface area contributed by atoms with Crippen molar-refractivity contribution in [3.8, 4) is 11.3 Å². The SMILES string of the molecule is O=C(c1ccc(-c2cncnc2)nc1)N1CCN(c2ccccc2F)CC1. The molecule has 4 rings (SSSR count). The number of aromatic nitrogens is 3. The van der Waals surface area contributed by atoms with E-state index in [-0.39, 0.29) is 11.7 Å². The minimum atomic E-state index is -0.234. The summed E-state index contributed by atoms with van der Waals surface area (Å²) < 4.78 is 13.9. The van der Waals surface area contributed by atoms with Gasteiger partial charge in [-0.25, -0.2) is 14.4 Å². The first-order valence-corrected chi connectivity index (χ1v) is 8.72. The molecule has 1 aliphatic heterocycles. The Bertz CT molecular complexity index is 925. The topological polar surface area (TPSA) is 62.2 Å². The zero-order valence-electron chi connectivity index (χ0n) is 14.6. The lowest BCUT2D eigenvalue weighted by Crippen LogP contribution is -2.49. The van der Waals surface area contributed by atoms with Crippen molar-refractivity contribution in [3.05, 3.63) is 72.7 Å². The van der Waals surface area contributed by atoms with Gasteiger partial charge in [-0.05, 0) is 24.3 Å². The van der Waals surface area contributed by atoms with Crippen LogP contribution < -0.4 is 4.90 Å². The Balaban J connectivity index is 1.41. The van der Waals surface area contributed by atoms with Crippen LogP contribution >= 0.6 is 0 Å². The molecule has 0 bridgehead atoms. The zero-order valence-corrected chi connectivity index (χ0v) is 14.6. The molecule has 2 aromatic heterocycles. The van der Waals surface area contributed by atoms with E-state index in [1.165, 1.54) is 12.4 Å². The molecule has 0 N–H and O–H groups in total. The van der Waals surface area contributed by atoms with Gasteiger partial charge in [-0.3, -0.25) is 9.78 Å². The number of anilines is 1. The van der Waals surface area contributed by atoms with Crippen molar-refractivity contribution in [1.82, 2.24) is 19.9 Å². The fourth-order valence-corrected chi connectivity index (χ4v) is 3.16. The number of pyridine rings is 1. The van der Waals surface area contributed by atoms with E-state index in [4.69, 9.17) is 0 Å². The molecular formula is C20H18FN5O. The molecular weight excluding hydrogens is 345 g/mol. The van der Waals surface area contributed by atoms with Crippen LogP contribution in [-0.2, 0) is 0 Å². The van der Waals surface area contributed by atoms with Crippen molar-refractivity contribution in [3.63, 3.8) is 0 Å². The van der Waals surface area contributed by atoms with Gasteiger partial charge in [0, 0.05) is 50.3 Å². The van der Waals surface area contributed by atoms with E-state index in [1.807, 2.05) is 11.0 Å². The predicted molar refractivity (Wildman–Crippen MR) is 99.8 cm³/mol. The van der Waals surface area contributed by atoms with Crippen molar-refractivity contribution in [2.45, 2.75) is 0 Å². The molecule has 0 saturated carbocycles. The standard InChI is InChI=1S/C20H18FN5O/c21-17-3-1-2-4-19(17)25-7-9-26(10-8-25)20(27)15-5-6-18(24-13-15)16-11-22-14-23-12-16/h1-6,11-14H,7-10H2. The molecule has 136 valence electrons. The quantitative estimate of drug-likeness (QED) is 0.716. The van der Waals surface area contributed by atoms with Crippen LogP contribution in [0.4, 0.5) is 10.1 Å². The number of hydrogen-bond acceptors (Lipinski definition) is 5. The normalized spacial score (nSPS) is 14.3. The average molecular weight is 363 g/mol. The lowest BCUT2D eigenvalue weighted by atomic mass is 10.1. The summed E-state index contributed by atoms with van der Waals surface area (Å²) in [6.45, 7) is 2.28. The fraction of sp³-hybridized carbons (Fsp3) is 0.200. The molecule has 0 spiro atoms. The Hall–Kier alpha value is -3.35. The van der Waals surface area contributed by atoms with Gasteiger partial charge in [-0.2, -0.15) is 0 Å². The first-order chi connectivity index (χ1) is 13.2. The highest BCUT2D eigenvalue weighted by Crippen LogP contribution is 2.21. The highest BCUT2D eigenvalue weighted by Gasteiger charge is 2.23. The van der Waals surface area contributed by atoms with Gasteiger partial charge >= 0.3 is 0 Å². The Labute approximate surface area is 156 Å². The van der Waals surface area contributed by atoms with Crippen molar-refractivity contribution in [1.29, 1.82) is 0 Å². The van der Waals surface area contributed by atoms with Crippen LogP contribution in [0.3, 0.4) is 0 Å². The van der Waals surface area contributed by atoms with E-state index in [1.54, 1.807) is 47.8 Å². The van der Waals surface area contributed by atoms with Gasteiger partial charge < -0.3 is 9.80 Å². The summed E-state index contributed by atoms with van der Waals surface area (Å²) in [5, 5.41) is 0. The molecule has 0 unspecified atom stereocenters. The average Bonchev–Trinajstić information content (AvgIpc) is 2.74. The van der Waals surface area contributed by atoms with Gasteiger partial charge in [0.25, 0.3) is 5.91 Å². The largest absolute Gasteiger partial charge is 0.366 e. The number of nitrogens with zero attached hydrogens (tertiary/aromatic N) is 5. The van der Waals surface area contributed by atoms with Gasteiger partial charge in [0.1, 0.15) is 12.1 Å². The summed E-state index contributed by atoms with van der Waals surface area (Å²) in [4.78, 5) is 28.8. The van der Waals surface area contributed by atoms with Crippen LogP contribution in [-0.4, -0.2) is 51.9 Å². The van der Waals surface area contributed by atoms with Crippen molar-refractivity contribution >= 4 is 11.6 Å². The van der Waals surface area contributed by atoms with E-state index in [0.717, 1.165) is 11.3 Å². The summed E-state index contributed by atoms with van der Waals surface area (Å²) >= 11 is 0. The third-order valence-electron chi connectivity index (χ3n) is 4.63. The molecule has 1 fully saturated rings. The van der Waals surface area contributed by atoms with Crippen LogP contribution in [0.2, 0.25) is 0 Å². The fourth-order valence-electron chi connectivity index (χ4n) is 3.16. The van der Waals surface area contributed by atoms with Crippen LogP contribution in [0.25, 0.3) is 11.3 Å². The number of piperazine rings is 1. The van der Waals surface area contributed by atoms with E-state index in [0.29, 0.717) is 37.4 Å². The van der Waals surface area contributed by atoms with Gasteiger partial charge in [0.15, 0.2) is 0 Å². The van der Waals surface area contributed by atoms with Crippen LogP contribution in [0.1, 0.15) is 10.4 Å². The lowest BCUT2D eigenvalue weighted by molar-refractivity contribution is 0.0746. The Morgan fingerprint density at radius 3 is 2.33 bits per heavy atom. The Morgan fingerprint density at radius 2 is 1.67 bits per heavy atom. The Morgan fingerprint density at radius 1 is 0.926 bits per heavy atom. The van der Waals surface area contributed by atoms with Gasteiger partial charge in [-0.15, -0.1) is 0 Å². The van der Waals surface area contributed by atoms with E-state index < -0.39 is 0 Å². The molecule has 27 heavy (non-hydrogen) atoms. The molecule has 7 heteroatoms. The minimum Gasteiger partial charge on any atom is -0.366 e. The zero-order chi connectivity index (χ0) is 18.6. The smallest absolute Gasteiger partial charge is 0.255 e. The number of halogens is 1. The highest BCUT2D eigenvalue weighted by atomic mass is 19.1. The molecule has 1 saturated heterocycles. The maximum absolute atomic E-state index is 13.9. The predicted octanol–water partition coefficient (Wildman–Crippen LogP) is 2.64. The second-order valence-corrected chi connectivity index (χ2v) is 6.29. The molecule has 3 aromatic rings. The van der Waals surface area contributed by atoms with E-state index >= 15 is 0 Å². The third-order valence-corrected chi connectivity index (χ3v) is 4.63. The number of carbonyl (C=O) groups excluding carboxylic acids is 1. The van der Waals surface area contributed by atoms with Gasteiger partial charge in [-0.1, -0.05) is 12.1 Å². The van der Waals surface area contributed by atoms with Crippen molar-refractivity contribution in [2.75, 3.05) is 31.1 Å². The summed E-state index contributed by atoms with van der Waals surface area (Å²) in [5.74, 6) is -0.298. The van der Waals surface area contributed by atoms with E-state index in [2.05, 4.69) is 15.0 Å². The molecule has 1 amide bonds. The summed E-state index contributed by atoms with van der Waals surface area (Å²) in [6.07, 6.45) is 6.40. The van der Waals surface area contributed by atoms with Crippen LogP contribution in [0.5, 0.6) is 0 Å². The minimum absolute atomic E-state index is 0.0634. The molecule has 0 aliphatic carbocycles. The molecule has 3 heterocycles. The molecule has 6 nitrogen and oxygen atoms in total. The molecule has 0 atom stereocenters. The number of hydrogen-bond donors (Lipinski definition) is 0. The number of carbonyl (C=O) groups is 1. The molecule has 0 radical (unpaired) electrons. The first-order valence-electron chi connectivity index (χ1n) is 8.72. The maximum Gasteiger partial charge on any atom is 0.255 e. The van der Waals surface area contributed by atoms with Crippen molar-refractivity contribution in [2.24, 2.45) is 0 Å². The van der Waals surface area contributed by atoms with Crippen LogP contribution in [0, 0.1) is 5.82 Å². The van der Waals surface area contributed by atoms with Crippen LogP contribution in [0.15, 0.2) is 61.3 Å². The molecule has 1 aromatic carbocycles. The molecule has 1 aliphatic rings. The lowest BCUT2D eigenvalue weighted by Gasteiger charge is -2.36. The summed E-state index contributed by atoms with van der Waals surface area (Å²) in [7, 11) is 0. The summed E-state index contributed by atoms with van der Waals surface area (Å²) in [6, 6.07) is 10.3. The third kappa shape index (κ3) is 3.62. The number of rotatable bonds is 3. The Kier molecular flexibility index (Phi) is 4.74. The second-order valence-electron chi connectivity index (χ2n) is 6.29. The van der Waals surface area contributed by atoms with Gasteiger partial charge in [0.05, 0.1) is 16.9 Å². The van der Waals surface area contributed by atoms with Gasteiger partial charge in [0.2, 0.25) is 0 Å². The van der Waals surface area contributed by atoms with Crippen molar-refractivity contribution < 1.29 is 9.18 Å². The number of amides is 1. The van der Waals surface area contributed by atoms with E-state index in [9.17, 15) is 9.18 Å². The monoisotopic (exact) mass is 363 g/mol. The second kappa shape index (κ2) is 7.49. The number of benzene rings is 1. The maximum atomic E-state index is 13.9. The first kappa shape index (κ1) is 17.1. The highest BCUT2D eigenvalue weighted by molar-refractivity contribution is 5.94. The number of para-hydroxylation sites is 1. The summed E-state index contributed by atoms with van der Waals surface area (Å²) in [5.41, 5.74) is 2.64.